The SMILES string of the molecule is CN(C)CCCN1c2ccccc2Sc2ccc(OC(F)(F)F)cc21. The molecule has 3 nitrogen and oxygen atoms in total. The number of alkyl halides is 3. The van der Waals surface area contributed by atoms with E-state index in [1.165, 1.54) is 12.1 Å². The van der Waals surface area contributed by atoms with Crippen LogP contribution in [0.15, 0.2) is 52.3 Å². The Labute approximate surface area is 149 Å². The zero-order valence-corrected chi connectivity index (χ0v) is 14.8. The van der Waals surface area contributed by atoms with E-state index in [1.807, 2.05) is 38.4 Å². The number of nitrogens with zero attached hydrogens (tertiary/aromatic N) is 2. The largest absolute Gasteiger partial charge is 0.573 e. The Bertz CT molecular complexity index is 749. The third-order valence-corrected chi connectivity index (χ3v) is 4.95. The van der Waals surface area contributed by atoms with E-state index < -0.39 is 6.36 Å². The normalized spacial score (nSPS) is 13.6. The Morgan fingerprint density at radius 2 is 1.76 bits per heavy atom. The molecular weight excluding hydrogens is 349 g/mol. The summed E-state index contributed by atoms with van der Waals surface area (Å²) in [5, 5.41) is 0. The van der Waals surface area contributed by atoms with E-state index in [-0.39, 0.29) is 5.75 Å². The second-order valence-corrected chi connectivity index (χ2v) is 7.14. The Balaban J connectivity index is 1.93. The monoisotopic (exact) mass is 368 g/mol. The van der Waals surface area contributed by atoms with E-state index in [1.54, 1.807) is 17.8 Å². The van der Waals surface area contributed by atoms with Crippen LogP contribution in [0.3, 0.4) is 0 Å². The van der Waals surface area contributed by atoms with Crippen LogP contribution in [0.25, 0.3) is 0 Å². The topological polar surface area (TPSA) is 15.7 Å². The average molecular weight is 368 g/mol. The van der Waals surface area contributed by atoms with Gasteiger partial charge in [-0.25, -0.2) is 0 Å². The Hall–Kier alpha value is -1.86. The van der Waals surface area contributed by atoms with Gasteiger partial charge in [0.25, 0.3) is 0 Å². The molecule has 0 radical (unpaired) electrons. The van der Waals surface area contributed by atoms with Crippen molar-refractivity contribution in [2.24, 2.45) is 0 Å². The first-order chi connectivity index (χ1) is 11.8. The van der Waals surface area contributed by atoms with Gasteiger partial charge in [0.05, 0.1) is 11.4 Å². The van der Waals surface area contributed by atoms with Crippen LogP contribution in [0.4, 0.5) is 24.5 Å². The van der Waals surface area contributed by atoms with Crippen LogP contribution in [0, 0.1) is 0 Å². The van der Waals surface area contributed by atoms with Crippen LogP contribution in [-0.4, -0.2) is 38.4 Å². The molecule has 0 amide bonds. The maximum Gasteiger partial charge on any atom is 0.573 e. The van der Waals surface area contributed by atoms with Crippen LogP contribution < -0.4 is 9.64 Å². The van der Waals surface area contributed by atoms with Crippen molar-refractivity contribution < 1.29 is 17.9 Å². The molecule has 7 heteroatoms. The van der Waals surface area contributed by atoms with Gasteiger partial charge in [0.15, 0.2) is 0 Å². The molecule has 0 N–H and O–H groups in total. The molecule has 0 spiro atoms. The lowest BCUT2D eigenvalue weighted by atomic mass is 10.2. The number of para-hydroxylation sites is 1. The highest BCUT2D eigenvalue weighted by molar-refractivity contribution is 7.99. The molecule has 0 fully saturated rings. The highest BCUT2D eigenvalue weighted by Crippen LogP contribution is 2.49. The van der Waals surface area contributed by atoms with E-state index in [0.717, 1.165) is 40.7 Å². The highest BCUT2D eigenvalue weighted by Gasteiger charge is 2.32. The predicted octanol–water partition coefficient (Wildman–Crippen LogP) is 5.14. The molecule has 1 heterocycles. The van der Waals surface area contributed by atoms with E-state index >= 15 is 0 Å². The zero-order chi connectivity index (χ0) is 18.0. The van der Waals surface area contributed by atoms with Gasteiger partial charge in [-0.2, -0.15) is 0 Å². The Morgan fingerprint density at radius 3 is 2.48 bits per heavy atom. The summed E-state index contributed by atoms with van der Waals surface area (Å²) in [4.78, 5) is 6.20. The number of benzene rings is 2. The summed E-state index contributed by atoms with van der Waals surface area (Å²) in [6.07, 6.45) is -3.79. The van der Waals surface area contributed by atoms with E-state index in [9.17, 15) is 13.2 Å². The van der Waals surface area contributed by atoms with Gasteiger partial charge in [-0.3, -0.25) is 0 Å². The molecule has 0 unspecified atom stereocenters. The molecule has 25 heavy (non-hydrogen) atoms. The number of fused-ring (bicyclic) bond motifs is 2. The molecule has 1 aliphatic heterocycles. The lowest BCUT2D eigenvalue weighted by Crippen LogP contribution is -2.25. The quantitative estimate of drug-likeness (QED) is 0.726. The lowest BCUT2D eigenvalue weighted by Gasteiger charge is -2.33. The minimum Gasteiger partial charge on any atom is -0.406 e. The van der Waals surface area contributed by atoms with Gasteiger partial charge < -0.3 is 14.5 Å². The smallest absolute Gasteiger partial charge is 0.406 e. The third-order valence-electron chi connectivity index (χ3n) is 3.82. The maximum atomic E-state index is 12.6. The first-order valence-corrected chi connectivity index (χ1v) is 8.74. The molecule has 0 atom stereocenters. The van der Waals surface area contributed by atoms with Gasteiger partial charge in [-0.15, -0.1) is 13.2 Å². The third kappa shape index (κ3) is 4.41. The number of halogens is 3. The summed E-state index contributed by atoms with van der Waals surface area (Å²) < 4.78 is 41.8. The van der Waals surface area contributed by atoms with E-state index in [0.29, 0.717) is 0 Å². The average Bonchev–Trinajstić information content (AvgIpc) is 2.53. The van der Waals surface area contributed by atoms with Crippen molar-refractivity contribution >= 4 is 23.1 Å². The van der Waals surface area contributed by atoms with Gasteiger partial charge in [0, 0.05) is 22.4 Å². The number of ether oxygens (including phenoxy) is 1. The van der Waals surface area contributed by atoms with Crippen molar-refractivity contribution in [2.45, 2.75) is 22.6 Å². The van der Waals surface area contributed by atoms with Crippen LogP contribution >= 0.6 is 11.8 Å². The van der Waals surface area contributed by atoms with Crippen LogP contribution in [-0.2, 0) is 0 Å². The standard InChI is InChI=1S/C18H19F3N2OS/c1-22(2)10-5-11-23-14-6-3-4-7-16(14)25-17-9-8-13(12-15(17)23)24-18(19,20)21/h3-4,6-9,12H,5,10-11H2,1-2H3. The van der Waals surface area contributed by atoms with Crippen molar-refractivity contribution in [3.63, 3.8) is 0 Å². The molecule has 0 bridgehead atoms. The van der Waals surface area contributed by atoms with Crippen LogP contribution in [0.1, 0.15) is 6.42 Å². The summed E-state index contributed by atoms with van der Waals surface area (Å²) in [6, 6.07) is 12.5. The highest BCUT2D eigenvalue weighted by atomic mass is 32.2. The fourth-order valence-corrected chi connectivity index (χ4v) is 3.87. The fraction of sp³-hybridized carbons (Fsp3) is 0.333. The van der Waals surface area contributed by atoms with Crippen molar-refractivity contribution in [1.82, 2.24) is 4.90 Å². The summed E-state index contributed by atoms with van der Waals surface area (Å²) >= 11 is 1.56. The first-order valence-electron chi connectivity index (χ1n) is 7.92. The molecule has 2 aromatic rings. The summed E-state index contributed by atoms with van der Waals surface area (Å²) in [6.45, 7) is 1.62. The second-order valence-electron chi connectivity index (χ2n) is 6.06. The molecule has 2 aromatic carbocycles. The molecule has 0 saturated carbocycles. The molecule has 3 rings (SSSR count). The zero-order valence-electron chi connectivity index (χ0n) is 14.0. The van der Waals surface area contributed by atoms with Gasteiger partial charge in [-0.05, 0) is 51.3 Å². The van der Waals surface area contributed by atoms with E-state index in [4.69, 9.17) is 0 Å². The van der Waals surface area contributed by atoms with Gasteiger partial charge in [-0.1, -0.05) is 23.9 Å². The number of hydrogen-bond acceptors (Lipinski definition) is 4. The molecule has 0 aromatic heterocycles. The Kier molecular flexibility index (Phi) is 5.15. The molecular formula is C18H19F3N2OS. The van der Waals surface area contributed by atoms with Crippen LogP contribution in [0.2, 0.25) is 0 Å². The minimum absolute atomic E-state index is 0.191. The van der Waals surface area contributed by atoms with Crippen molar-refractivity contribution in [3.8, 4) is 5.75 Å². The van der Waals surface area contributed by atoms with Crippen molar-refractivity contribution in [3.05, 3.63) is 42.5 Å². The molecule has 0 aliphatic carbocycles. The maximum absolute atomic E-state index is 12.6. The lowest BCUT2D eigenvalue weighted by molar-refractivity contribution is -0.274. The van der Waals surface area contributed by atoms with Crippen molar-refractivity contribution in [1.29, 1.82) is 0 Å². The second kappa shape index (κ2) is 7.17. The molecule has 0 saturated heterocycles. The van der Waals surface area contributed by atoms with Crippen LogP contribution in [0.5, 0.6) is 5.75 Å². The first kappa shape index (κ1) is 17.9. The minimum atomic E-state index is -4.69. The Morgan fingerprint density at radius 1 is 1.04 bits per heavy atom. The van der Waals surface area contributed by atoms with Gasteiger partial charge in [0.2, 0.25) is 0 Å². The molecule has 1 aliphatic rings. The fourth-order valence-electron chi connectivity index (χ4n) is 2.79. The summed E-state index contributed by atoms with van der Waals surface area (Å²) in [5.41, 5.74) is 1.77. The van der Waals surface area contributed by atoms with Gasteiger partial charge in [0.1, 0.15) is 5.75 Å². The summed E-state index contributed by atoms with van der Waals surface area (Å²) in [7, 11) is 4.01. The molecule has 134 valence electrons. The van der Waals surface area contributed by atoms with Crippen molar-refractivity contribution in [2.75, 3.05) is 32.1 Å². The van der Waals surface area contributed by atoms with E-state index in [2.05, 4.69) is 14.5 Å². The summed E-state index contributed by atoms with van der Waals surface area (Å²) in [5.74, 6) is -0.191. The predicted molar refractivity (Wildman–Crippen MR) is 93.9 cm³/mol. The van der Waals surface area contributed by atoms with Gasteiger partial charge >= 0.3 is 6.36 Å². The number of hydrogen-bond donors (Lipinski definition) is 0. The number of anilines is 2. The number of rotatable bonds is 5.